The van der Waals surface area contributed by atoms with Crippen LogP contribution in [0.5, 0.6) is 0 Å². The van der Waals surface area contributed by atoms with Gasteiger partial charge >= 0.3 is 0 Å². The normalized spacial score (nSPS) is 22.4. The molecule has 2 heterocycles. The molecule has 0 unspecified atom stereocenters. The number of rotatable bonds is 2. The molecule has 2 rings (SSSR count). The average Bonchev–Trinajstić information content (AvgIpc) is 2.40. The Kier molecular flexibility index (Phi) is 6.24. The number of aryl methyl sites for hydroxylation is 1. The van der Waals surface area contributed by atoms with E-state index >= 15 is 0 Å². The molecule has 1 saturated heterocycles. The minimum Gasteiger partial charge on any atom is -0.483 e. The fraction of sp³-hybridized carbons (Fsp3) is 0.538. The minimum absolute atomic E-state index is 0.0263. The van der Waals surface area contributed by atoms with Crippen molar-refractivity contribution in [2.24, 2.45) is 5.92 Å². The standard InChI is InChI=1S/C12H18N2O2.CH2O2/c1-9-6-13-4-2-11(9)14-5-3-10(8-15)12(16)7-14;2-1-3/h2,4,6,10,12,15-16H,3,5,7-8H2,1H3;1H,(H,2,3)/t10-,12+;/m1./s1. The van der Waals surface area contributed by atoms with E-state index in [1.807, 2.05) is 19.2 Å². The third-order valence-electron chi connectivity index (χ3n) is 3.29. The van der Waals surface area contributed by atoms with Crippen LogP contribution in [0.3, 0.4) is 0 Å². The van der Waals surface area contributed by atoms with Gasteiger partial charge in [-0.25, -0.2) is 0 Å². The topological polar surface area (TPSA) is 93.9 Å². The number of nitrogens with zero attached hydrogens (tertiary/aromatic N) is 2. The van der Waals surface area contributed by atoms with Gasteiger partial charge in [-0.15, -0.1) is 0 Å². The van der Waals surface area contributed by atoms with E-state index in [-0.39, 0.29) is 19.0 Å². The van der Waals surface area contributed by atoms with Crippen molar-refractivity contribution in [2.45, 2.75) is 19.4 Å². The molecule has 1 aliphatic rings. The van der Waals surface area contributed by atoms with E-state index in [2.05, 4.69) is 9.88 Å². The Labute approximate surface area is 112 Å². The number of hydrogen-bond acceptors (Lipinski definition) is 5. The maximum atomic E-state index is 9.87. The number of anilines is 1. The maximum absolute atomic E-state index is 9.87. The maximum Gasteiger partial charge on any atom is 0.290 e. The average molecular weight is 268 g/mol. The number of pyridine rings is 1. The fourth-order valence-corrected chi connectivity index (χ4v) is 2.23. The molecule has 0 saturated carbocycles. The molecule has 2 atom stereocenters. The highest BCUT2D eigenvalue weighted by Crippen LogP contribution is 2.25. The lowest BCUT2D eigenvalue weighted by Gasteiger charge is -2.37. The second-order valence-electron chi connectivity index (χ2n) is 4.51. The summed E-state index contributed by atoms with van der Waals surface area (Å²) in [7, 11) is 0. The van der Waals surface area contributed by atoms with Crippen molar-refractivity contribution >= 4 is 12.2 Å². The van der Waals surface area contributed by atoms with Crippen LogP contribution in [-0.4, -0.2) is 52.6 Å². The smallest absolute Gasteiger partial charge is 0.290 e. The number of aromatic nitrogens is 1. The lowest BCUT2D eigenvalue weighted by Crippen LogP contribution is -2.45. The monoisotopic (exact) mass is 268 g/mol. The molecular formula is C13H20N2O4. The van der Waals surface area contributed by atoms with E-state index in [1.54, 1.807) is 6.20 Å². The van der Waals surface area contributed by atoms with E-state index in [4.69, 9.17) is 15.0 Å². The predicted octanol–water partition coefficient (Wildman–Crippen LogP) is 0.270. The van der Waals surface area contributed by atoms with Crippen LogP contribution in [-0.2, 0) is 4.79 Å². The molecule has 6 heteroatoms. The van der Waals surface area contributed by atoms with Gasteiger partial charge in [0.05, 0.1) is 6.10 Å². The summed E-state index contributed by atoms with van der Waals surface area (Å²) in [5.41, 5.74) is 2.25. The summed E-state index contributed by atoms with van der Waals surface area (Å²) in [6.07, 6.45) is 4.00. The van der Waals surface area contributed by atoms with Crippen molar-refractivity contribution in [1.82, 2.24) is 4.98 Å². The summed E-state index contributed by atoms with van der Waals surface area (Å²) in [5.74, 6) is 0.0263. The first kappa shape index (κ1) is 15.4. The molecule has 106 valence electrons. The van der Waals surface area contributed by atoms with Crippen LogP contribution in [0.4, 0.5) is 5.69 Å². The molecule has 0 bridgehead atoms. The Morgan fingerprint density at radius 2 is 2.26 bits per heavy atom. The molecule has 1 aliphatic heterocycles. The zero-order chi connectivity index (χ0) is 14.3. The molecule has 3 N–H and O–H groups in total. The van der Waals surface area contributed by atoms with Crippen LogP contribution < -0.4 is 4.90 Å². The van der Waals surface area contributed by atoms with E-state index < -0.39 is 6.10 Å². The first-order valence-electron chi connectivity index (χ1n) is 6.16. The minimum atomic E-state index is -0.439. The molecule has 1 aromatic rings. The van der Waals surface area contributed by atoms with Gasteiger partial charge in [0.25, 0.3) is 6.47 Å². The quantitative estimate of drug-likeness (QED) is 0.667. The lowest BCUT2D eigenvalue weighted by atomic mass is 9.94. The summed E-state index contributed by atoms with van der Waals surface area (Å²) >= 11 is 0. The number of carbonyl (C=O) groups is 1. The van der Waals surface area contributed by atoms with Gasteiger partial charge in [0.15, 0.2) is 0 Å². The second-order valence-corrected chi connectivity index (χ2v) is 4.51. The summed E-state index contributed by atoms with van der Waals surface area (Å²) in [6, 6.07) is 1.97. The highest BCUT2D eigenvalue weighted by Gasteiger charge is 2.27. The number of aliphatic hydroxyl groups is 2. The SMILES string of the molecule is Cc1cnccc1N1CC[C@H](CO)[C@@H](O)C1.O=CO. The molecule has 0 aromatic carbocycles. The molecule has 1 fully saturated rings. The van der Waals surface area contributed by atoms with Crippen LogP contribution in [0.1, 0.15) is 12.0 Å². The zero-order valence-electron chi connectivity index (χ0n) is 10.9. The summed E-state index contributed by atoms with van der Waals surface area (Å²) in [5, 5.41) is 25.8. The summed E-state index contributed by atoms with van der Waals surface area (Å²) in [6.45, 7) is 3.32. The first-order valence-corrected chi connectivity index (χ1v) is 6.16. The molecule has 0 spiro atoms. The van der Waals surface area contributed by atoms with Crippen LogP contribution in [0.15, 0.2) is 18.5 Å². The van der Waals surface area contributed by atoms with Gasteiger partial charge < -0.3 is 20.2 Å². The molecule has 19 heavy (non-hydrogen) atoms. The Balaban J connectivity index is 0.000000550. The molecule has 0 radical (unpaired) electrons. The fourth-order valence-electron chi connectivity index (χ4n) is 2.23. The van der Waals surface area contributed by atoms with Crippen molar-refractivity contribution in [1.29, 1.82) is 0 Å². The number of carboxylic acid groups (broad SMARTS) is 1. The third-order valence-corrected chi connectivity index (χ3v) is 3.29. The van der Waals surface area contributed by atoms with Crippen molar-refractivity contribution in [3.05, 3.63) is 24.0 Å². The van der Waals surface area contributed by atoms with Crippen molar-refractivity contribution in [2.75, 3.05) is 24.6 Å². The number of piperidine rings is 1. The van der Waals surface area contributed by atoms with Crippen LogP contribution in [0.25, 0.3) is 0 Å². The Bertz CT molecular complexity index is 400. The Hall–Kier alpha value is -1.66. The Morgan fingerprint density at radius 3 is 2.79 bits per heavy atom. The van der Waals surface area contributed by atoms with Crippen molar-refractivity contribution in [3.8, 4) is 0 Å². The van der Waals surface area contributed by atoms with Crippen LogP contribution in [0, 0.1) is 12.8 Å². The number of aliphatic hydroxyl groups excluding tert-OH is 2. The molecular weight excluding hydrogens is 248 g/mol. The van der Waals surface area contributed by atoms with Gasteiger partial charge in [0, 0.05) is 43.7 Å². The van der Waals surface area contributed by atoms with E-state index in [1.165, 1.54) is 0 Å². The van der Waals surface area contributed by atoms with Crippen LogP contribution >= 0.6 is 0 Å². The van der Waals surface area contributed by atoms with Gasteiger partial charge in [0.1, 0.15) is 0 Å². The summed E-state index contributed by atoms with van der Waals surface area (Å²) in [4.78, 5) is 14.6. The van der Waals surface area contributed by atoms with Crippen molar-refractivity contribution in [3.63, 3.8) is 0 Å². The van der Waals surface area contributed by atoms with Gasteiger partial charge in [0.2, 0.25) is 0 Å². The predicted molar refractivity (Wildman–Crippen MR) is 71.1 cm³/mol. The van der Waals surface area contributed by atoms with E-state index in [0.29, 0.717) is 6.54 Å². The van der Waals surface area contributed by atoms with Crippen molar-refractivity contribution < 1.29 is 20.1 Å². The van der Waals surface area contributed by atoms with Gasteiger partial charge in [-0.2, -0.15) is 0 Å². The van der Waals surface area contributed by atoms with E-state index in [0.717, 1.165) is 24.2 Å². The summed E-state index contributed by atoms with van der Waals surface area (Å²) < 4.78 is 0. The highest BCUT2D eigenvalue weighted by atomic mass is 16.3. The number of β-amino-alcohol motifs (C(OH)–C–C–N with tert-alkyl or cyclic N) is 1. The largest absolute Gasteiger partial charge is 0.483 e. The lowest BCUT2D eigenvalue weighted by molar-refractivity contribution is -0.122. The highest BCUT2D eigenvalue weighted by molar-refractivity contribution is 5.52. The van der Waals surface area contributed by atoms with E-state index in [9.17, 15) is 5.11 Å². The molecule has 0 amide bonds. The second kappa shape index (κ2) is 7.70. The molecule has 0 aliphatic carbocycles. The third kappa shape index (κ3) is 4.18. The molecule has 6 nitrogen and oxygen atoms in total. The zero-order valence-corrected chi connectivity index (χ0v) is 10.9. The Morgan fingerprint density at radius 1 is 1.58 bits per heavy atom. The number of hydrogen-bond donors (Lipinski definition) is 3. The first-order chi connectivity index (χ1) is 9.13. The van der Waals surface area contributed by atoms with Crippen LogP contribution in [0.2, 0.25) is 0 Å². The van der Waals surface area contributed by atoms with Gasteiger partial charge in [-0.1, -0.05) is 0 Å². The molecule has 1 aromatic heterocycles. The van der Waals surface area contributed by atoms with Gasteiger partial charge in [-0.05, 0) is 25.0 Å². The van der Waals surface area contributed by atoms with Gasteiger partial charge in [-0.3, -0.25) is 9.78 Å².